The van der Waals surface area contributed by atoms with Gasteiger partial charge < -0.3 is 16.6 Å². The Balaban J connectivity index is 2.94. The number of carboxylic acids is 1. The Bertz CT molecular complexity index is 429. The summed E-state index contributed by atoms with van der Waals surface area (Å²) in [5.41, 5.74) is 10.7. The Morgan fingerprint density at radius 2 is 1.90 bits per heavy atom. The molecule has 0 aromatic carbocycles. The molecule has 5 heteroatoms. The number of carbonyl (C=O) groups is 2. The molecule has 0 saturated heterocycles. The van der Waals surface area contributed by atoms with Gasteiger partial charge in [0.1, 0.15) is 6.04 Å². The second kappa shape index (κ2) is 6.81. The molecule has 5 nitrogen and oxygen atoms in total. The van der Waals surface area contributed by atoms with Crippen LogP contribution < -0.4 is 11.5 Å². The van der Waals surface area contributed by atoms with Crippen molar-refractivity contribution in [1.82, 2.24) is 0 Å². The van der Waals surface area contributed by atoms with Gasteiger partial charge in [0.15, 0.2) is 5.78 Å². The molecule has 20 heavy (non-hydrogen) atoms. The van der Waals surface area contributed by atoms with Crippen LogP contribution in [0.1, 0.15) is 33.1 Å². The van der Waals surface area contributed by atoms with Gasteiger partial charge in [0.25, 0.3) is 0 Å². The van der Waals surface area contributed by atoms with Crippen molar-refractivity contribution in [2.24, 2.45) is 22.8 Å². The second-order valence-corrected chi connectivity index (χ2v) is 5.90. The number of rotatable bonds is 7. The molecule has 0 saturated carbocycles. The Hall–Kier alpha value is -1.46. The van der Waals surface area contributed by atoms with Crippen LogP contribution in [0.5, 0.6) is 0 Å². The van der Waals surface area contributed by atoms with Crippen molar-refractivity contribution in [3.8, 4) is 0 Å². The van der Waals surface area contributed by atoms with Crippen LogP contribution >= 0.6 is 0 Å². The van der Waals surface area contributed by atoms with E-state index in [1.54, 1.807) is 12.2 Å². The summed E-state index contributed by atoms with van der Waals surface area (Å²) in [5.74, 6) is -0.914. The minimum atomic E-state index is -1.10. The van der Waals surface area contributed by atoms with Gasteiger partial charge in [0.2, 0.25) is 0 Å². The molecule has 0 aromatic heterocycles. The molecule has 0 radical (unpaired) electrons. The lowest BCUT2D eigenvalue weighted by Gasteiger charge is -2.33. The zero-order valence-corrected chi connectivity index (χ0v) is 12.1. The van der Waals surface area contributed by atoms with E-state index in [0.29, 0.717) is 18.8 Å². The van der Waals surface area contributed by atoms with E-state index < -0.39 is 23.5 Å². The molecular formula is C15H24N2O3. The zero-order chi connectivity index (χ0) is 15.3. The maximum Gasteiger partial charge on any atom is 0.320 e. The largest absolute Gasteiger partial charge is 0.480 e. The fraction of sp³-hybridized carbons (Fsp3) is 0.600. The van der Waals surface area contributed by atoms with E-state index in [9.17, 15) is 9.59 Å². The van der Waals surface area contributed by atoms with E-state index in [0.717, 1.165) is 0 Å². The molecule has 112 valence electrons. The van der Waals surface area contributed by atoms with Gasteiger partial charge in [-0.2, -0.15) is 0 Å². The molecule has 3 atom stereocenters. The Morgan fingerprint density at radius 1 is 1.25 bits per heavy atom. The van der Waals surface area contributed by atoms with Crippen molar-refractivity contribution < 1.29 is 14.7 Å². The maximum atomic E-state index is 12.7. The van der Waals surface area contributed by atoms with Crippen LogP contribution in [0, 0.1) is 11.3 Å². The van der Waals surface area contributed by atoms with E-state index >= 15 is 0 Å². The molecule has 0 aliphatic heterocycles. The lowest BCUT2D eigenvalue weighted by atomic mass is 9.70. The number of hydrogen-bond acceptors (Lipinski definition) is 4. The highest BCUT2D eigenvalue weighted by Crippen LogP contribution is 2.35. The molecule has 0 fully saturated rings. The van der Waals surface area contributed by atoms with Crippen LogP contribution in [0.3, 0.4) is 0 Å². The van der Waals surface area contributed by atoms with Gasteiger partial charge in [-0.1, -0.05) is 38.2 Å². The molecule has 0 bridgehead atoms. The number of allylic oxidation sites excluding steroid dienone is 4. The third kappa shape index (κ3) is 4.02. The highest BCUT2D eigenvalue weighted by molar-refractivity contribution is 5.92. The van der Waals surface area contributed by atoms with Gasteiger partial charge in [0.05, 0.1) is 11.5 Å². The summed E-state index contributed by atoms with van der Waals surface area (Å²) < 4.78 is 0. The predicted molar refractivity (Wildman–Crippen MR) is 78.0 cm³/mol. The fourth-order valence-electron chi connectivity index (χ4n) is 2.56. The minimum absolute atomic E-state index is 0.0772. The summed E-state index contributed by atoms with van der Waals surface area (Å²) in [7, 11) is 0. The summed E-state index contributed by atoms with van der Waals surface area (Å²) in [6.07, 6.45) is 8.32. The summed E-state index contributed by atoms with van der Waals surface area (Å²) >= 11 is 0. The molecule has 0 spiro atoms. The quantitative estimate of drug-likeness (QED) is 0.650. The maximum absolute atomic E-state index is 12.7. The van der Waals surface area contributed by atoms with Gasteiger partial charge in [0, 0.05) is 0 Å². The van der Waals surface area contributed by atoms with Gasteiger partial charge in [-0.15, -0.1) is 0 Å². The monoisotopic (exact) mass is 280 g/mol. The van der Waals surface area contributed by atoms with E-state index in [4.69, 9.17) is 16.6 Å². The van der Waals surface area contributed by atoms with Gasteiger partial charge >= 0.3 is 5.97 Å². The van der Waals surface area contributed by atoms with Crippen LogP contribution in [0.15, 0.2) is 24.3 Å². The smallest absolute Gasteiger partial charge is 0.320 e. The van der Waals surface area contributed by atoms with E-state index in [2.05, 4.69) is 0 Å². The molecule has 1 aliphatic carbocycles. The number of nitrogens with two attached hydrogens (primary N) is 2. The number of carbonyl (C=O) groups excluding carboxylic acids is 1. The number of ketones is 1. The first-order valence-electron chi connectivity index (χ1n) is 6.91. The van der Waals surface area contributed by atoms with Crippen molar-refractivity contribution in [2.75, 3.05) is 0 Å². The van der Waals surface area contributed by atoms with Crippen molar-refractivity contribution in [2.45, 2.75) is 45.2 Å². The highest BCUT2D eigenvalue weighted by Gasteiger charge is 2.41. The Labute approximate surface area is 119 Å². The Kier molecular flexibility index (Phi) is 5.65. The van der Waals surface area contributed by atoms with Crippen molar-refractivity contribution in [1.29, 1.82) is 0 Å². The van der Waals surface area contributed by atoms with E-state index in [1.807, 2.05) is 26.0 Å². The average molecular weight is 280 g/mol. The van der Waals surface area contributed by atoms with Gasteiger partial charge in [-0.3, -0.25) is 9.59 Å². The third-order valence-corrected chi connectivity index (χ3v) is 3.60. The Morgan fingerprint density at radius 3 is 2.35 bits per heavy atom. The molecule has 0 heterocycles. The topological polar surface area (TPSA) is 106 Å². The average Bonchev–Trinajstić information content (AvgIpc) is 2.37. The van der Waals surface area contributed by atoms with Crippen molar-refractivity contribution >= 4 is 11.8 Å². The molecule has 1 aliphatic rings. The van der Waals surface area contributed by atoms with Gasteiger partial charge in [-0.05, 0) is 25.2 Å². The van der Waals surface area contributed by atoms with Crippen LogP contribution in [0.25, 0.3) is 0 Å². The lowest BCUT2D eigenvalue weighted by Crippen LogP contribution is -2.47. The van der Waals surface area contributed by atoms with Crippen LogP contribution in [-0.2, 0) is 9.59 Å². The standard InChI is InChI=1S/C15H24N2O3/c1-10(2)8-11(16)13(18)15(6-4-3-5-7-15)9-12(17)14(19)20/h3-6,10-12H,7-9,16-17H2,1-2H3,(H,19,20)/t11-,12-,15?/m0/s1. The minimum Gasteiger partial charge on any atom is -0.480 e. The molecule has 1 unspecified atom stereocenters. The predicted octanol–water partition coefficient (Wildman–Crippen LogP) is 1.23. The van der Waals surface area contributed by atoms with E-state index in [-0.39, 0.29) is 12.2 Å². The van der Waals surface area contributed by atoms with Gasteiger partial charge in [-0.25, -0.2) is 0 Å². The fourth-order valence-corrected chi connectivity index (χ4v) is 2.56. The number of hydrogen-bond donors (Lipinski definition) is 3. The molecule has 1 rings (SSSR count). The highest BCUT2D eigenvalue weighted by atomic mass is 16.4. The van der Waals surface area contributed by atoms with Crippen molar-refractivity contribution in [3.05, 3.63) is 24.3 Å². The molecular weight excluding hydrogens is 256 g/mol. The van der Waals surface area contributed by atoms with Crippen LogP contribution in [0.2, 0.25) is 0 Å². The van der Waals surface area contributed by atoms with Crippen LogP contribution in [0.4, 0.5) is 0 Å². The SMILES string of the molecule is CC(C)C[C@H](N)C(=O)C1(C[C@H](N)C(=O)O)C=CC=CC1. The molecule has 0 amide bonds. The van der Waals surface area contributed by atoms with Crippen molar-refractivity contribution in [3.63, 3.8) is 0 Å². The first kappa shape index (κ1) is 16.6. The summed E-state index contributed by atoms with van der Waals surface area (Å²) in [6, 6.07) is -1.66. The first-order valence-corrected chi connectivity index (χ1v) is 6.91. The molecule has 0 aromatic rings. The summed E-state index contributed by atoms with van der Waals surface area (Å²) in [5, 5.41) is 8.98. The first-order chi connectivity index (χ1) is 9.28. The normalized spacial score (nSPS) is 24.6. The summed E-state index contributed by atoms with van der Waals surface area (Å²) in [4.78, 5) is 23.6. The third-order valence-electron chi connectivity index (χ3n) is 3.60. The lowest BCUT2D eigenvalue weighted by molar-refractivity contribution is -0.140. The number of aliphatic carboxylic acids is 1. The van der Waals surface area contributed by atoms with Crippen LogP contribution in [-0.4, -0.2) is 28.9 Å². The molecule has 5 N–H and O–H groups in total. The number of carboxylic acid groups (broad SMARTS) is 1. The second-order valence-electron chi connectivity index (χ2n) is 5.90. The summed E-state index contributed by atoms with van der Waals surface area (Å²) in [6.45, 7) is 4.00. The zero-order valence-electron chi connectivity index (χ0n) is 12.1. The number of Topliss-reactive ketones (excluding diaryl/α,β-unsaturated/α-hetero) is 1. The van der Waals surface area contributed by atoms with E-state index in [1.165, 1.54) is 0 Å².